The van der Waals surface area contributed by atoms with Crippen LogP contribution in [0.1, 0.15) is 45.0 Å². The zero-order valence-electron chi connectivity index (χ0n) is 13.5. The van der Waals surface area contributed by atoms with Gasteiger partial charge in [0, 0.05) is 24.6 Å². The molecule has 1 atom stereocenters. The first-order chi connectivity index (χ1) is 9.75. The maximum atomic E-state index is 12.0. The van der Waals surface area contributed by atoms with Gasteiger partial charge in [0.1, 0.15) is 23.5 Å². The number of rotatable bonds is 2. The van der Waals surface area contributed by atoms with E-state index < -0.39 is 0 Å². The number of nitrogens with two attached hydrogens (primary N) is 1. The Kier molecular flexibility index (Phi) is 4.07. The molecule has 1 unspecified atom stereocenters. The molecular weight excluding hydrogens is 266 g/mol. The standard InChI is InChI=1S/C15H25N5O/c1-9-11(16)18-14(15(2,3)4)19-12(9)20-8-6-7-10(20)13(21)17-5/h10H,6-8H2,1-5H3,(H,17,21)(H2,16,18,19). The number of carbonyl (C=O) groups excluding carboxylic acids is 1. The van der Waals surface area contributed by atoms with Crippen LogP contribution in [0.4, 0.5) is 11.6 Å². The molecule has 1 fully saturated rings. The number of hydrogen-bond donors (Lipinski definition) is 2. The largest absolute Gasteiger partial charge is 0.383 e. The first kappa shape index (κ1) is 15.5. The van der Waals surface area contributed by atoms with Gasteiger partial charge < -0.3 is 16.0 Å². The number of hydrogen-bond acceptors (Lipinski definition) is 5. The van der Waals surface area contributed by atoms with Gasteiger partial charge in [-0.1, -0.05) is 20.8 Å². The van der Waals surface area contributed by atoms with Crippen LogP contribution >= 0.6 is 0 Å². The Morgan fingerprint density at radius 2 is 2.05 bits per heavy atom. The number of anilines is 2. The van der Waals surface area contributed by atoms with E-state index in [2.05, 4.69) is 36.0 Å². The zero-order valence-corrected chi connectivity index (χ0v) is 13.5. The molecule has 0 radical (unpaired) electrons. The third-order valence-corrected chi connectivity index (χ3v) is 3.90. The Labute approximate surface area is 126 Å². The van der Waals surface area contributed by atoms with E-state index in [0.29, 0.717) is 11.6 Å². The molecule has 2 heterocycles. The summed E-state index contributed by atoms with van der Waals surface area (Å²) in [6, 6.07) is -0.171. The van der Waals surface area contributed by atoms with Gasteiger partial charge in [0.25, 0.3) is 0 Å². The van der Waals surface area contributed by atoms with Crippen LogP contribution in [0.2, 0.25) is 0 Å². The Balaban J connectivity index is 2.47. The topological polar surface area (TPSA) is 84.1 Å². The second kappa shape index (κ2) is 5.50. The van der Waals surface area contributed by atoms with Crippen LogP contribution in [0.5, 0.6) is 0 Å². The molecule has 1 amide bonds. The van der Waals surface area contributed by atoms with Crippen LogP contribution in [-0.2, 0) is 10.2 Å². The summed E-state index contributed by atoms with van der Waals surface area (Å²) in [6.07, 6.45) is 1.82. The molecule has 0 saturated carbocycles. The molecule has 21 heavy (non-hydrogen) atoms. The number of nitrogens with one attached hydrogen (secondary N) is 1. The molecule has 1 aliphatic rings. The molecule has 2 rings (SSSR count). The van der Waals surface area contributed by atoms with Crippen LogP contribution in [0.25, 0.3) is 0 Å². The summed E-state index contributed by atoms with van der Waals surface area (Å²) < 4.78 is 0. The monoisotopic (exact) mass is 291 g/mol. The average molecular weight is 291 g/mol. The average Bonchev–Trinajstić information content (AvgIpc) is 2.88. The minimum Gasteiger partial charge on any atom is -0.383 e. The van der Waals surface area contributed by atoms with Gasteiger partial charge in [0.15, 0.2) is 0 Å². The quantitative estimate of drug-likeness (QED) is 0.860. The molecular formula is C15H25N5O. The lowest BCUT2D eigenvalue weighted by atomic mass is 9.95. The fraction of sp³-hybridized carbons (Fsp3) is 0.667. The fourth-order valence-electron chi connectivity index (χ4n) is 2.60. The van der Waals surface area contributed by atoms with Crippen molar-refractivity contribution in [2.24, 2.45) is 0 Å². The first-order valence-corrected chi connectivity index (χ1v) is 7.38. The molecule has 0 spiro atoms. The van der Waals surface area contributed by atoms with Gasteiger partial charge in [-0.3, -0.25) is 4.79 Å². The van der Waals surface area contributed by atoms with E-state index in [4.69, 9.17) is 10.7 Å². The Hall–Kier alpha value is -1.85. The van der Waals surface area contributed by atoms with Crippen LogP contribution in [0.3, 0.4) is 0 Å². The van der Waals surface area contributed by atoms with Crippen LogP contribution in [0, 0.1) is 6.92 Å². The Morgan fingerprint density at radius 3 is 2.62 bits per heavy atom. The van der Waals surface area contributed by atoms with E-state index in [1.54, 1.807) is 7.05 Å². The van der Waals surface area contributed by atoms with Crippen molar-refractivity contribution >= 4 is 17.5 Å². The third-order valence-electron chi connectivity index (χ3n) is 3.90. The lowest BCUT2D eigenvalue weighted by Crippen LogP contribution is -2.43. The van der Waals surface area contributed by atoms with Crippen LogP contribution < -0.4 is 16.0 Å². The second-order valence-electron chi connectivity index (χ2n) is 6.60. The number of likely N-dealkylation sites (N-methyl/N-ethyl adjacent to an activating group) is 1. The zero-order chi connectivity index (χ0) is 15.8. The molecule has 3 N–H and O–H groups in total. The van der Waals surface area contributed by atoms with Crippen molar-refractivity contribution in [1.29, 1.82) is 0 Å². The molecule has 1 aromatic rings. The molecule has 1 aromatic heterocycles. The van der Waals surface area contributed by atoms with Crippen molar-refractivity contribution in [2.45, 2.75) is 52.0 Å². The van der Waals surface area contributed by atoms with Crippen molar-refractivity contribution in [2.75, 3.05) is 24.2 Å². The SMILES string of the molecule is CNC(=O)C1CCCN1c1nc(C(C)(C)C)nc(N)c1C. The molecule has 116 valence electrons. The highest BCUT2D eigenvalue weighted by Gasteiger charge is 2.33. The van der Waals surface area contributed by atoms with Gasteiger partial charge >= 0.3 is 0 Å². The highest BCUT2D eigenvalue weighted by Crippen LogP contribution is 2.31. The van der Waals surface area contributed by atoms with Gasteiger partial charge in [-0.05, 0) is 19.8 Å². The van der Waals surface area contributed by atoms with Crippen molar-refractivity contribution < 1.29 is 4.79 Å². The van der Waals surface area contributed by atoms with E-state index in [1.807, 2.05) is 6.92 Å². The summed E-state index contributed by atoms with van der Waals surface area (Å²) in [7, 11) is 1.67. The maximum Gasteiger partial charge on any atom is 0.242 e. The van der Waals surface area contributed by atoms with Gasteiger partial charge in [-0.15, -0.1) is 0 Å². The summed E-state index contributed by atoms with van der Waals surface area (Å²) in [4.78, 5) is 23.2. The van der Waals surface area contributed by atoms with Gasteiger partial charge in [0.05, 0.1) is 0 Å². The smallest absolute Gasteiger partial charge is 0.242 e. The number of carbonyl (C=O) groups is 1. The third kappa shape index (κ3) is 2.94. The fourth-order valence-corrected chi connectivity index (χ4v) is 2.60. The summed E-state index contributed by atoms with van der Waals surface area (Å²) in [5.41, 5.74) is 6.73. The summed E-state index contributed by atoms with van der Waals surface area (Å²) in [6.45, 7) is 8.90. The van der Waals surface area contributed by atoms with E-state index in [0.717, 1.165) is 30.8 Å². The minimum atomic E-state index is -0.182. The van der Waals surface area contributed by atoms with E-state index in [-0.39, 0.29) is 17.4 Å². The normalized spacial score (nSPS) is 18.9. The Bertz CT molecular complexity index is 550. The predicted molar refractivity (Wildman–Crippen MR) is 84.3 cm³/mol. The van der Waals surface area contributed by atoms with Gasteiger partial charge in [0.2, 0.25) is 5.91 Å². The van der Waals surface area contributed by atoms with Crippen molar-refractivity contribution in [1.82, 2.24) is 15.3 Å². The first-order valence-electron chi connectivity index (χ1n) is 7.38. The predicted octanol–water partition coefficient (Wildman–Crippen LogP) is 1.38. The number of nitrogen functional groups attached to an aromatic ring is 1. The highest BCUT2D eigenvalue weighted by atomic mass is 16.2. The van der Waals surface area contributed by atoms with Crippen molar-refractivity contribution in [3.05, 3.63) is 11.4 Å². The van der Waals surface area contributed by atoms with E-state index in [9.17, 15) is 4.79 Å². The van der Waals surface area contributed by atoms with Crippen molar-refractivity contribution in [3.63, 3.8) is 0 Å². The van der Waals surface area contributed by atoms with Crippen LogP contribution in [-0.4, -0.2) is 35.5 Å². The summed E-state index contributed by atoms with van der Waals surface area (Å²) in [5.74, 6) is 2.02. The lowest BCUT2D eigenvalue weighted by Gasteiger charge is -2.28. The Morgan fingerprint density at radius 1 is 1.38 bits per heavy atom. The summed E-state index contributed by atoms with van der Waals surface area (Å²) >= 11 is 0. The van der Waals surface area contributed by atoms with Crippen molar-refractivity contribution in [3.8, 4) is 0 Å². The van der Waals surface area contributed by atoms with Gasteiger partial charge in [-0.25, -0.2) is 9.97 Å². The van der Waals surface area contributed by atoms with Crippen LogP contribution in [0.15, 0.2) is 0 Å². The van der Waals surface area contributed by atoms with Gasteiger partial charge in [-0.2, -0.15) is 0 Å². The molecule has 0 aliphatic carbocycles. The molecule has 1 saturated heterocycles. The molecule has 0 aromatic carbocycles. The minimum absolute atomic E-state index is 0.0291. The number of nitrogens with zero attached hydrogens (tertiary/aromatic N) is 3. The van der Waals surface area contributed by atoms with E-state index in [1.165, 1.54) is 0 Å². The summed E-state index contributed by atoms with van der Waals surface area (Å²) in [5, 5.41) is 2.73. The molecule has 1 aliphatic heterocycles. The maximum absolute atomic E-state index is 12.0. The molecule has 6 nitrogen and oxygen atoms in total. The molecule has 6 heteroatoms. The highest BCUT2D eigenvalue weighted by molar-refractivity contribution is 5.85. The molecule has 0 bridgehead atoms. The lowest BCUT2D eigenvalue weighted by molar-refractivity contribution is -0.121. The number of aromatic nitrogens is 2. The van der Waals surface area contributed by atoms with E-state index >= 15 is 0 Å². The second-order valence-corrected chi connectivity index (χ2v) is 6.60. The number of amides is 1.